The Bertz CT molecular complexity index is 1440. The van der Waals surface area contributed by atoms with Crippen molar-refractivity contribution >= 4 is 39.0 Å². The van der Waals surface area contributed by atoms with Crippen LogP contribution in [0, 0.1) is 5.82 Å². The molecule has 4 aromatic rings. The predicted octanol–water partition coefficient (Wildman–Crippen LogP) is 2.87. The number of hydrogen-bond donors (Lipinski definition) is 2. The van der Waals surface area contributed by atoms with Gasteiger partial charge in [0.1, 0.15) is 11.4 Å². The lowest BCUT2D eigenvalue weighted by atomic mass is 10.1. The van der Waals surface area contributed by atoms with Crippen LogP contribution in [0.4, 0.5) is 15.2 Å². The summed E-state index contributed by atoms with van der Waals surface area (Å²) in [5, 5.41) is 5.19. The third kappa shape index (κ3) is 4.56. The summed E-state index contributed by atoms with van der Waals surface area (Å²) in [6, 6.07) is 12.7. The zero-order valence-electron chi connectivity index (χ0n) is 19.7. The van der Waals surface area contributed by atoms with Gasteiger partial charge in [0.15, 0.2) is 5.13 Å². The molecule has 2 aromatic carbocycles. The summed E-state index contributed by atoms with van der Waals surface area (Å²) in [5.41, 5.74) is 2.28. The number of nitrogens with one attached hydrogen (secondary N) is 2. The topological polar surface area (TPSA) is 71.7 Å². The number of carbonyl (C=O) groups is 1. The Morgan fingerprint density at radius 2 is 1.94 bits per heavy atom. The second kappa shape index (κ2) is 9.59. The van der Waals surface area contributed by atoms with Crippen molar-refractivity contribution in [3.63, 3.8) is 0 Å². The van der Waals surface area contributed by atoms with Crippen molar-refractivity contribution in [3.05, 3.63) is 75.6 Å². The largest absolute Gasteiger partial charge is 0.358 e. The van der Waals surface area contributed by atoms with Gasteiger partial charge < -0.3 is 14.4 Å². The third-order valence-corrected chi connectivity index (χ3v) is 7.24. The Labute approximate surface area is 206 Å². The van der Waals surface area contributed by atoms with Gasteiger partial charge in [-0.2, -0.15) is 0 Å². The number of fused-ring (bicyclic) bond motifs is 1. The van der Waals surface area contributed by atoms with Crippen LogP contribution in [0.15, 0.2) is 58.8 Å². The second-order valence-corrected chi connectivity index (χ2v) is 9.64. The lowest BCUT2D eigenvalue weighted by Gasteiger charge is -2.32. The highest BCUT2D eigenvalue weighted by molar-refractivity contribution is 7.14. The number of nitrogens with zero attached hydrogens (tertiary/aromatic N) is 3. The first-order chi connectivity index (χ1) is 16.9. The van der Waals surface area contributed by atoms with Gasteiger partial charge in [0.25, 0.3) is 5.91 Å². The summed E-state index contributed by atoms with van der Waals surface area (Å²) in [7, 11) is 2.13. The Balaban J connectivity index is 1.47. The Kier molecular flexibility index (Phi) is 6.36. The Hall–Kier alpha value is -3.56. The molecular weight excluding hydrogens is 465 g/mol. The first-order valence-electron chi connectivity index (χ1n) is 11.7. The smallest absolute Gasteiger partial charge is 0.262 e. The van der Waals surface area contributed by atoms with Crippen molar-refractivity contribution in [1.29, 1.82) is 0 Å². The van der Waals surface area contributed by atoms with Crippen molar-refractivity contribution in [1.82, 2.24) is 9.55 Å². The van der Waals surface area contributed by atoms with Gasteiger partial charge in [-0.3, -0.25) is 14.9 Å². The fourth-order valence-corrected chi connectivity index (χ4v) is 5.15. The van der Waals surface area contributed by atoms with Crippen LogP contribution in [0.25, 0.3) is 22.2 Å². The maximum absolute atomic E-state index is 15.2. The number of anilines is 2. The lowest BCUT2D eigenvalue weighted by Crippen LogP contribution is -3.12. The number of amides is 1. The number of piperazine rings is 1. The van der Waals surface area contributed by atoms with Gasteiger partial charge in [-0.1, -0.05) is 30.3 Å². The molecule has 0 spiro atoms. The van der Waals surface area contributed by atoms with Gasteiger partial charge in [0.05, 0.1) is 50.1 Å². The Morgan fingerprint density at radius 3 is 2.66 bits per heavy atom. The monoisotopic (exact) mass is 492 g/mol. The average Bonchev–Trinajstić information content (AvgIpc) is 3.34. The van der Waals surface area contributed by atoms with E-state index in [4.69, 9.17) is 0 Å². The van der Waals surface area contributed by atoms with Crippen LogP contribution in [0.3, 0.4) is 0 Å². The molecule has 1 fully saturated rings. The zero-order valence-corrected chi connectivity index (χ0v) is 20.5. The molecule has 3 heterocycles. The summed E-state index contributed by atoms with van der Waals surface area (Å²) in [5.74, 6) is -0.999. The number of quaternary nitrogens is 1. The number of carbonyl (C=O) groups excluding carboxylic acids is 1. The van der Waals surface area contributed by atoms with Crippen molar-refractivity contribution in [2.24, 2.45) is 0 Å². The van der Waals surface area contributed by atoms with Crippen LogP contribution in [-0.2, 0) is 6.54 Å². The fraction of sp³-hybridized carbons (Fsp3) is 0.269. The molecule has 0 saturated carbocycles. The fourth-order valence-electron chi connectivity index (χ4n) is 4.43. The zero-order chi connectivity index (χ0) is 24.5. The van der Waals surface area contributed by atoms with E-state index in [1.165, 1.54) is 22.3 Å². The molecule has 0 bridgehead atoms. The first kappa shape index (κ1) is 23.2. The van der Waals surface area contributed by atoms with Gasteiger partial charge in [-0.15, -0.1) is 11.3 Å². The van der Waals surface area contributed by atoms with Gasteiger partial charge in [-0.05, 0) is 19.1 Å². The standard InChI is InChI=1S/C26H26FN5O2S/c1-3-31-15-19(25(34)29-26-28-21(16-35-26)17-7-5-4-6-8-17)24(33)18-13-20(27)23(14-22(18)31)32-11-9-30(2)10-12-32/h4-8,13-16H,3,9-12H2,1-2H3,(H,28,29,34)/p+1. The average molecular weight is 493 g/mol. The molecule has 2 N–H and O–H groups in total. The second-order valence-electron chi connectivity index (χ2n) is 8.78. The van der Waals surface area contributed by atoms with Gasteiger partial charge in [0.2, 0.25) is 5.43 Å². The maximum atomic E-state index is 15.2. The van der Waals surface area contributed by atoms with Crippen molar-refractivity contribution < 1.29 is 14.1 Å². The van der Waals surface area contributed by atoms with E-state index in [1.807, 2.05) is 52.1 Å². The molecule has 0 radical (unpaired) electrons. The van der Waals surface area contributed by atoms with E-state index >= 15 is 4.39 Å². The van der Waals surface area contributed by atoms with E-state index < -0.39 is 17.2 Å². The molecule has 180 valence electrons. The van der Waals surface area contributed by atoms with Crippen molar-refractivity contribution in [2.75, 3.05) is 43.4 Å². The minimum Gasteiger partial charge on any atom is -0.358 e. The highest BCUT2D eigenvalue weighted by Crippen LogP contribution is 2.27. The van der Waals surface area contributed by atoms with Gasteiger partial charge in [-0.25, -0.2) is 9.37 Å². The summed E-state index contributed by atoms with van der Waals surface area (Å²) < 4.78 is 17.0. The van der Waals surface area contributed by atoms with Crippen LogP contribution >= 0.6 is 11.3 Å². The number of pyridine rings is 1. The predicted molar refractivity (Wildman–Crippen MR) is 138 cm³/mol. The molecule has 0 unspecified atom stereocenters. The molecule has 0 aliphatic carbocycles. The van der Waals surface area contributed by atoms with E-state index in [0.29, 0.717) is 22.9 Å². The molecule has 7 nitrogen and oxygen atoms in total. The molecule has 35 heavy (non-hydrogen) atoms. The van der Waals surface area contributed by atoms with Crippen LogP contribution in [0.2, 0.25) is 0 Å². The first-order valence-corrected chi connectivity index (χ1v) is 12.6. The quantitative estimate of drug-likeness (QED) is 0.450. The van der Waals surface area contributed by atoms with E-state index in [2.05, 4.69) is 17.3 Å². The van der Waals surface area contributed by atoms with Crippen LogP contribution in [0.5, 0.6) is 0 Å². The number of rotatable bonds is 5. The SMILES string of the molecule is CCn1cc(C(=O)Nc2nc(-c3ccccc3)cs2)c(=O)c2cc(F)c(N3CC[NH+](C)CC3)cc21. The number of likely N-dealkylation sites (N-methyl/N-ethyl adjacent to an activating group) is 1. The molecular formula is C26H27FN5O2S+. The third-order valence-electron chi connectivity index (χ3n) is 6.49. The molecule has 5 rings (SSSR count). The summed E-state index contributed by atoms with van der Waals surface area (Å²) in [4.78, 5) is 34.2. The van der Waals surface area contributed by atoms with E-state index in [9.17, 15) is 9.59 Å². The molecule has 1 aliphatic rings. The highest BCUT2D eigenvalue weighted by Gasteiger charge is 2.23. The van der Waals surface area contributed by atoms with Crippen molar-refractivity contribution in [3.8, 4) is 11.3 Å². The molecule has 1 saturated heterocycles. The molecule has 1 aliphatic heterocycles. The van der Waals surface area contributed by atoms with E-state index in [-0.39, 0.29) is 10.9 Å². The molecule has 9 heteroatoms. The van der Waals surface area contributed by atoms with E-state index in [1.54, 1.807) is 12.3 Å². The van der Waals surface area contributed by atoms with Crippen molar-refractivity contribution in [2.45, 2.75) is 13.5 Å². The molecule has 0 atom stereocenters. The minimum atomic E-state index is -0.556. The van der Waals surface area contributed by atoms with Gasteiger partial charge in [0, 0.05) is 29.1 Å². The summed E-state index contributed by atoms with van der Waals surface area (Å²) in [6.45, 7) is 5.83. The van der Waals surface area contributed by atoms with Crippen LogP contribution < -0.4 is 20.5 Å². The van der Waals surface area contributed by atoms with E-state index in [0.717, 1.165) is 37.4 Å². The number of benzene rings is 2. The number of halogens is 1. The molecule has 1 amide bonds. The minimum absolute atomic E-state index is 0.0360. The number of aryl methyl sites for hydroxylation is 1. The number of thiazole rings is 1. The molecule has 2 aromatic heterocycles. The number of aromatic nitrogens is 2. The normalized spacial score (nSPS) is 14.4. The number of hydrogen-bond acceptors (Lipinski definition) is 5. The van der Waals surface area contributed by atoms with Crippen LogP contribution in [0.1, 0.15) is 17.3 Å². The summed E-state index contributed by atoms with van der Waals surface area (Å²) >= 11 is 1.29. The van der Waals surface area contributed by atoms with Gasteiger partial charge >= 0.3 is 0 Å². The lowest BCUT2D eigenvalue weighted by molar-refractivity contribution is -0.880. The Morgan fingerprint density at radius 1 is 1.20 bits per heavy atom. The maximum Gasteiger partial charge on any atom is 0.262 e. The highest BCUT2D eigenvalue weighted by atomic mass is 32.1. The summed E-state index contributed by atoms with van der Waals surface area (Å²) in [6.07, 6.45) is 1.56. The van der Waals surface area contributed by atoms with Crippen LogP contribution in [-0.4, -0.2) is 48.7 Å².